The Balaban J connectivity index is 0.000000219. The van der Waals surface area contributed by atoms with E-state index in [1.54, 1.807) is 157 Å². The Kier molecular flexibility index (Phi) is 50.4. The van der Waals surface area contributed by atoms with Gasteiger partial charge in [0.15, 0.2) is 17.2 Å². The fourth-order valence-electron chi connectivity index (χ4n) is 10.7. The molecule has 0 bridgehead atoms. The number of carbonyl (C=O) groups is 2. The van der Waals surface area contributed by atoms with Gasteiger partial charge in [0.25, 0.3) is 12.3 Å². The van der Waals surface area contributed by atoms with Gasteiger partial charge in [-0.3, -0.25) is 0 Å². The van der Waals surface area contributed by atoms with E-state index >= 15 is 0 Å². The quantitative estimate of drug-likeness (QED) is 0.00260. The minimum absolute atomic E-state index is 0. The maximum absolute atomic E-state index is 11.2. The first-order chi connectivity index (χ1) is 65.2. The third kappa shape index (κ3) is 45.1. The molecular weight excluding hydrogens is 2180 g/mol. The molecule has 0 aliphatic carbocycles. The van der Waals surface area contributed by atoms with Gasteiger partial charge in [-0.25, -0.2) is 57.9 Å². The summed E-state index contributed by atoms with van der Waals surface area (Å²) in [5, 5.41) is 48.9. The first-order valence-electron chi connectivity index (χ1n) is 40.0. The Morgan fingerprint density at radius 3 is 1.02 bits per heavy atom. The molecule has 15 aromatic rings. The number of hydrogen-bond acceptors (Lipinski definition) is 32. The fourth-order valence-corrected chi connectivity index (χ4v) is 16.9. The van der Waals surface area contributed by atoms with Crippen molar-refractivity contribution >= 4 is 162 Å². The molecule has 0 spiro atoms. The molecule has 32 nitrogen and oxygen atoms in total. The van der Waals surface area contributed by atoms with Crippen molar-refractivity contribution in [3.05, 3.63) is 369 Å². The van der Waals surface area contributed by atoms with Crippen LogP contribution in [0.1, 0.15) is 76.4 Å². The lowest BCUT2D eigenvalue weighted by Crippen LogP contribution is -3.00. The van der Waals surface area contributed by atoms with Crippen LogP contribution in [0.4, 0.5) is 0 Å². The molecule has 10 aromatic carbocycles. The number of halogens is 6. The number of ether oxygens (including phenoxy) is 2. The van der Waals surface area contributed by atoms with E-state index in [-0.39, 0.29) is 69.8 Å². The number of carbonyl (C=O) groups excluding carboxylic acids is 2. The SMILES string of the molecule is COC(=O)c1ccc(CBr)cc1.COC(=O)c1ccc(Cn2cncn2)cc1.CS(=O)(=O)Oc1ccc(S)cc1Cl.CS(=O)(=O)Oc1ccc(SCc2ccc(Cn3cncn3)cc2)cc1Cl.C[P+](C)(C)CC#N.NOOSOc1ccc(SCc2ccc(Cn3cncn3)cc2)cc1Cl.OCc1ccc(Cn2cncn2)cc1.Oc1ccc(SCc2ccc(Cn3cncn3)cc2)cc1Cl.[I-]. The smallest absolute Gasteiger partial charge is 0.337 e. The van der Waals surface area contributed by atoms with E-state index in [2.05, 4.69) is 201 Å². The first kappa shape index (κ1) is 114. The number of nitrogens with two attached hydrogens (primary N) is 1. The number of thioether (sulfide) groups is 3. The van der Waals surface area contributed by atoms with Crippen LogP contribution >= 0.6 is 130 Å². The van der Waals surface area contributed by atoms with Crippen LogP contribution in [-0.2, 0) is 101 Å². The molecule has 0 saturated carbocycles. The van der Waals surface area contributed by atoms with Crippen LogP contribution < -0.4 is 42.4 Å². The highest BCUT2D eigenvalue weighted by Gasteiger charge is 2.17. The van der Waals surface area contributed by atoms with Crippen LogP contribution in [0.3, 0.4) is 0 Å². The van der Waals surface area contributed by atoms with Crippen molar-refractivity contribution in [3.63, 3.8) is 0 Å². The van der Waals surface area contributed by atoms with Gasteiger partial charge in [0.05, 0.1) is 97.3 Å². The molecule has 0 unspecified atom stereocenters. The molecule has 5 heterocycles. The summed E-state index contributed by atoms with van der Waals surface area (Å²) >= 11 is 36.8. The highest BCUT2D eigenvalue weighted by atomic mass is 127. The second-order valence-electron chi connectivity index (χ2n) is 29.2. The Morgan fingerprint density at radius 1 is 0.453 bits per heavy atom. The van der Waals surface area contributed by atoms with Crippen LogP contribution in [0.15, 0.2) is 301 Å². The molecule has 0 atom stereocenters. The van der Waals surface area contributed by atoms with Gasteiger partial charge in [-0.2, -0.15) is 53.5 Å². The third-order valence-corrected chi connectivity index (χ3v) is 25.1. The lowest BCUT2D eigenvalue weighted by molar-refractivity contribution is -0.199. The number of rotatable bonds is 32. The van der Waals surface area contributed by atoms with E-state index < -0.39 is 27.5 Å². The highest BCUT2D eigenvalue weighted by molar-refractivity contribution is 9.08. The predicted octanol–water partition coefficient (Wildman–Crippen LogP) is 16.3. The van der Waals surface area contributed by atoms with Gasteiger partial charge in [0, 0.05) is 69.4 Å². The average molecular weight is 2270 g/mol. The van der Waals surface area contributed by atoms with Gasteiger partial charge in [-0.1, -0.05) is 184 Å². The molecule has 4 N–H and O–H groups in total. The number of nitriles is 1. The Morgan fingerprint density at radius 2 is 0.752 bits per heavy atom. The number of benzene rings is 10. The van der Waals surface area contributed by atoms with E-state index in [4.69, 9.17) is 71.0 Å². The number of alkyl halides is 1. The Bertz CT molecular complexity index is 6380. The molecule has 5 aromatic heterocycles. The summed E-state index contributed by atoms with van der Waals surface area (Å²) in [6.45, 7) is 10.0. The van der Waals surface area contributed by atoms with Crippen molar-refractivity contribution in [2.45, 2.75) is 81.5 Å². The van der Waals surface area contributed by atoms with Crippen molar-refractivity contribution in [2.24, 2.45) is 5.90 Å². The van der Waals surface area contributed by atoms with Gasteiger partial charge in [-0.05, 0) is 153 Å². The van der Waals surface area contributed by atoms with E-state index in [9.17, 15) is 31.5 Å². The fraction of sp³-hybridized carbons (Fsp3) is 0.198. The molecule has 46 heteroatoms. The zero-order valence-corrected chi connectivity index (χ0v) is 87.8. The van der Waals surface area contributed by atoms with Crippen LogP contribution in [0.25, 0.3) is 0 Å². The number of aliphatic hydroxyl groups excluding tert-OH is 1. The van der Waals surface area contributed by atoms with Gasteiger partial charge in [0.2, 0.25) is 0 Å². The molecule has 0 aliphatic heterocycles. The number of methoxy groups -OCH3 is 2. The minimum atomic E-state index is -3.59. The largest absolute Gasteiger partial charge is 1.00 e. The lowest BCUT2D eigenvalue weighted by Gasteiger charge is -2.08. The second-order valence-corrected chi connectivity index (χ2v) is 43.5. The van der Waals surface area contributed by atoms with E-state index in [0.29, 0.717) is 70.3 Å². The van der Waals surface area contributed by atoms with Crippen molar-refractivity contribution in [1.82, 2.24) is 73.8 Å². The van der Waals surface area contributed by atoms with Gasteiger partial charge in [-0.15, -0.1) is 57.2 Å². The summed E-state index contributed by atoms with van der Waals surface area (Å²) in [5.74, 6) is 7.39. The number of hydrogen-bond donors (Lipinski definition) is 4. The summed E-state index contributed by atoms with van der Waals surface area (Å²) in [4.78, 5) is 49.3. The molecule has 0 fully saturated rings. The Labute approximate surface area is 862 Å². The summed E-state index contributed by atoms with van der Waals surface area (Å²) < 4.78 is 80.8. The highest BCUT2D eigenvalue weighted by Crippen LogP contribution is 2.45. The maximum Gasteiger partial charge on any atom is 0.337 e. The van der Waals surface area contributed by atoms with Crippen LogP contribution in [0.2, 0.25) is 20.1 Å². The van der Waals surface area contributed by atoms with Gasteiger partial charge in [0.1, 0.15) is 81.3 Å². The number of nitrogens with zero attached hydrogens (tertiary/aromatic N) is 16. The van der Waals surface area contributed by atoms with Gasteiger partial charge >= 0.3 is 32.2 Å². The zero-order chi connectivity index (χ0) is 98.3. The normalized spacial score (nSPS) is 10.6. The van der Waals surface area contributed by atoms with E-state index in [1.807, 2.05) is 66.7 Å². The molecule has 137 heavy (non-hydrogen) atoms. The molecule has 0 radical (unpaired) electrons. The van der Waals surface area contributed by atoms with Crippen molar-refractivity contribution in [2.75, 3.05) is 52.9 Å². The summed E-state index contributed by atoms with van der Waals surface area (Å²) in [6.07, 6.45) is 18.7. The van der Waals surface area contributed by atoms with Crippen molar-refractivity contribution in [1.29, 1.82) is 5.26 Å². The second kappa shape index (κ2) is 60.6. The standard InChI is InChI=1S/C17H16ClN3O3S2.C16H15ClN4O3S2.C16H14ClN3OS.C11H11N3O2.C10H11N3O.C9H9BrO2.C7H7ClO3S2.C5H11NP.HI/c1-26(22,23)24-17-7-6-15(8-16(17)18)25-10-14-4-2-13(3-5-14)9-21-12-19-11-20-21;17-15-7-14(5-6-16(15)22-26-24-23-18)25-9-13-3-1-12(2-4-13)8-21-11-19-10-20-21;17-15-7-14(5-6-16(15)21)22-9-13-3-1-12(2-4-13)8-20-11-18-10-19-20;1-16-11(15)10-4-2-9(3-5-10)6-14-8-12-7-13-14;14-6-10-3-1-9(2-4-10)5-13-8-11-7-12-13;1-12-9(11)8-4-2-7(6-10)3-5-8;1-13(9,10)11-7-3-2-5(12)4-6(7)8;1-7(2,3)5-4-6;/h2-8,11-12H,9-10H2,1H3;1-7,10-11H,8-9,18H2;1-7,10-11,21H,8-9H2;2-5,7-8H,6H2,1H3;1-4,7-8,14H,5-6H2;2-5H,6H2,1H3;2-4,12H,1H3;5H2,1-3H3;1H/q;;;;;;;+1;/p-1. The maximum atomic E-state index is 11.2. The number of aromatic nitrogens is 15. The third-order valence-electron chi connectivity index (χ3n) is 17.3. The summed E-state index contributed by atoms with van der Waals surface area (Å²) in [7, 11) is -5.15. The number of aliphatic hydroxyl groups is 1. The van der Waals surface area contributed by atoms with Crippen molar-refractivity contribution < 1.29 is 92.0 Å². The number of aromatic hydroxyl groups is 1. The van der Waals surface area contributed by atoms with E-state index in [0.717, 1.165) is 90.3 Å². The molecule has 0 saturated heterocycles. The van der Waals surface area contributed by atoms with Crippen LogP contribution in [0, 0.1) is 11.3 Å². The number of thiol groups is 1. The molecular formula is C91H94BrCl4IN17O15PS7. The molecule has 15 rings (SSSR count). The number of phenols is 1. The minimum Gasteiger partial charge on any atom is -1.00 e. The van der Waals surface area contributed by atoms with Crippen LogP contribution in [0.5, 0.6) is 23.0 Å². The first-order valence-corrected chi connectivity index (χ1v) is 53.6. The topological polar surface area (TPSA) is 411 Å². The van der Waals surface area contributed by atoms with Gasteiger partial charge < -0.3 is 56.2 Å². The van der Waals surface area contributed by atoms with Crippen LogP contribution in [-0.4, -0.2) is 166 Å². The van der Waals surface area contributed by atoms with Crippen molar-refractivity contribution in [3.8, 4) is 29.1 Å². The predicted molar refractivity (Wildman–Crippen MR) is 540 cm³/mol. The molecule has 0 aliphatic rings. The average Bonchev–Trinajstić information content (AvgIpc) is 1.56. The lowest BCUT2D eigenvalue weighted by atomic mass is 10.1. The molecule has 722 valence electrons. The zero-order valence-electron chi connectivity index (χ0n) is 74.4. The summed E-state index contributed by atoms with van der Waals surface area (Å²) in [6, 6.07) is 69.9. The van der Waals surface area contributed by atoms with E-state index in [1.165, 1.54) is 85.8 Å². The summed E-state index contributed by atoms with van der Waals surface area (Å²) in [5.41, 5.74) is 12.5. The number of esters is 2. The monoisotopic (exact) mass is 2270 g/mol. The Hall–Kier alpha value is -10.2. The number of phenolic OH excluding ortho intramolecular Hbond substituents is 1. The molecule has 0 amide bonds.